The van der Waals surface area contributed by atoms with Gasteiger partial charge < -0.3 is 14.5 Å². The topological polar surface area (TPSA) is 69.3 Å². The van der Waals surface area contributed by atoms with Gasteiger partial charge in [-0.2, -0.15) is 5.10 Å². The molecule has 0 bridgehead atoms. The number of ether oxygens (including phenoxy) is 1. The Hall–Kier alpha value is -2.08. The van der Waals surface area contributed by atoms with Crippen LogP contribution in [0.3, 0.4) is 0 Å². The molecule has 6 heteroatoms. The Morgan fingerprint density at radius 2 is 2.32 bits per heavy atom. The zero-order valence-corrected chi connectivity index (χ0v) is 13.0. The minimum absolute atomic E-state index is 0.178. The van der Waals surface area contributed by atoms with Crippen molar-refractivity contribution in [2.45, 2.75) is 45.8 Å². The molecule has 1 fully saturated rings. The molecular weight excluding hydrogens is 282 g/mol. The number of hydrogen-bond acceptors (Lipinski definition) is 4. The summed E-state index contributed by atoms with van der Waals surface area (Å²) in [5.41, 5.74) is 1.24. The lowest BCUT2D eigenvalue weighted by atomic mass is 10.1. The van der Waals surface area contributed by atoms with Crippen molar-refractivity contribution in [2.24, 2.45) is 0 Å². The third-order valence-electron chi connectivity index (χ3n) is 3.84. The van der Waals surface area contributed by atoms with E-state index >= 15 is 0 Å². The number of furan rings is 1. The first kappa shape index (κ1) is 14.8. The smallest absolute Gasteiger partial charge is 0.259 e. The quantitative estimate of drug-likeness (QED) is 0.943. The van der Waals surface area contributed by atoms with Crippen LogP contribution in [-0.4, -0.2) is 28.4 Å². The van der Waals surface area contributed by atoms with Crippen LogP contribution in [0.15, 0.2) is 22.9 Å². The molecule has 1 saturated heterocycles. The highest BCUT2D eigenvalue weighted by Crippen LogP contribution is 2.17. The number of aromatic nitrogens is 2. The van der Waals surface area contributed by atoms with Gasteiger partial charge in [0.2, 0.25) is 0 Å². The van der Waals surface area contributed by atoms with E-state index in [9.17, 15) is 4.79 Å². The van der Waals surface area contributed by atoms with Crippen LogP contribution >= 0.6 is 0 Å². The molecule has 0 saturated carbocycles. The van der Waals surface area contributed by atoms with Gasteiger partial charge in [-0.3, -0.25) is 9.48 Å². The average molecular weight is 303 g/mol. The monoisotopic (exact) mass is 303 g/mol. The van der Waals surface area contributed by atoms with Crippen LogP contribution in [0.2, 0.25) is 0 Å². The fourth-order valence-corrected chi connectivity index (χ4v) is 2.74. The van der Waals surface area contributed by atoms with Gasteiger partial charge in [0, 0.05) is 12.8 Å². The van der Waals surface area contributed by atoms with Crippen molar-refractivity contribution in [1.82, 2.24) is 9.78 Å². The van der Waals surface area contributed by atoms with Crippen molar-refractivity contribution >= 4 is 11.6 Å². The summed E-state index contributed by atoms with van der Waals surface area (Å²) in [7, 11) is 0. The molecule has 1 unspecified atom stereocenters. The molecule has 6 nitrogen and oxygen atoms in total. The third kappa shape index (κ3) is 3.39. The number of aryl methyl sites for hydroxylation is 2. The molecule has 1 amide bonds. The summed E-state index contributed by atoms with van der Waals surface area (Å²) in [6.07, 6.45) is 7.11. The molecule has 22 heavy (non-hydrogen) atoms. The van der Waals surface area contributed by atoms with Crippen LogP contribution < -0.4 is 5.32 Å². The van der Waals surface area contributed by atoms with Gasteiger partial charge in [0.05, 0.1) is 30.1 Å². The van der Waals surface area contributed by atoms with E-state index in [0.29, 0.717) is 17.0 Å². The summed E-state index contributed by atoms with van der Waals surface area (Å²) in [5, 5.41) is 7.13. The standard InChI is InChI=1S/C16H21N3O3/c1-11-7-15(12(2)22-11)16(20)18-13-8-17-19(9-13)10-14-5-3-4-6-21-14/h7-9,14H,3-6,10H2,1-2H3,(H,18,20). The molecule has 118 valence electrons. The van der Waals surface area contributed by atoms with Gasteiger partial charge in [0.1, 0.15) is 11.5 Å². The number of carbonyl (C=O) groups excluding carboxylic acids is 1. The molecular formula is C16H21N3O3. The molecule has 3 rings (SSSR count). The van der Waals surface area contributed by atoms with Gasteiger partial charge in [-0.25, -0.2) is 0 Å². The first-order chi connectivity index (χ1) is 10.6. The summed E-state index contributed by atoms with van der Waals surface area (Å²) in [4.78, 5) is 12.2. The molecule has 1 N–H and O–H groups in total. The zero-order valence-electron chi connectivity index (χ0n) is 13.0. The van der Waals surface area contributed by atoms with Crippen LogP contribution in [-0.2, 0) is 11.3 Å². The maximum atomic E-state index is 12.2. The Morgan fingerprint density at radius 3 is 3.00 bits per heavy atom. The van der Waals surface area contributed by atoms with E-state index in [-0.39, 0.29) is 12.0 Å². The second kappa shape index (κ2) is 6.36. The number of anilines is 1. The summed E-state index contributed by atoms with van der Waals surface area (Å²) in [5.74, 6) is 1.17. The Kier molecular flexibility index (Phi) is 4.29. The van der Waals surface area contributed by atoms with Gasteiger partial charge in [0.25, 0.3) is 5.91 Å². The van der Waals surface area contributed by atoms with Crippen molar-refractivity contribution in [3.05, 3.63) is 35.5 Å². The van der Waals surface area contributed by atoms with Gasteiger partial charge >= 0.3 is 0 Å². The van der Waals surface area contributed by atoms with Crippen LogP contribution in [0, 0.1) is 13.8 Å². The summed E-state index contributed by atoms with van der Waals surface area (Å²) < 4.78 is 12.9. The lowest BCUT2D eigenvalue weighted by Gasteiger charge is -2.22. The molecule has 0 radical (unpaired) electrons. The number of carbonyl (C=O) groups is 1. The molecule has 0 aliphatic carbocycles. The van der Waals surface area contributed by atoms with E-state index in [0.717, 1.165) is 31.8 Å². The Balaban J connectivity index is 1.61. The summed E-state index contributed by atoms with van der Waals surface area (Å²) >= 11 is 0. The van der Waals surface area contributed by atoms with E-state index in [1.54, 1.807) is 19.2 Å². The van der Waals surface area contributed by atoms with Crippen molar-refractivity contribution in [2.75, 3.05) is 11.9 Å². The van der Waals surface area contributed by atoms with Crippen molar-refractivity contribution in [3.8, 4) is 0 Å². The van der Waals surface area contributed by atoms with E-state index in [1.165, 1.54) is 6.42 Å². The van der Waals surface area contributed by atoms with Crippen molar-refractivity contribution in [3.63, 3.8) is 0 Å². The largest absolute Gasteiger partial charge is 0.466 e. The molecule has 1 aliphatic rings. The van der Waals surface area contributed by atoms with Crippen LogP contribution in [0.5, 0.6) is 0 Å². The summed E-state index contributed by atoms with van der Waals surface area (Å²) in [6.45, 7) is 5.16. The number of hydrogen-bond donors (Lipinski definition) is 1. The summed E-state index contributed by atoms with van der Waals surface area (Å²) in [6, 6.07) is 1.74. The molecule has 2 aromatic heterocycles. The fourth-order valence-electron chi connectivity index (χ4n) is 2.74. The second-order valence-corrected chi connectivity index (χ2v) is 5.72. The van der Waals surface area contributed by atoms with Crippen LogP contribution in [0.25, 0.3) is 0 Å². The normalized spacial score (nSPS) is 18.4. The Bertz CT molecular complexity index is 653. The van der Waals surface area contributed by atoms with Gasteiger partial charge in [-0.15, -0.1) is 0 Å². The minimum atomic E-state index is -0.178. The van der Waals surface area contributed by atoms with Crippen LogP contribution in [0.4, 0.5) is 5.69 Å². The van der Waals surface area contributed by atoms with Crippen molar-refractivity contribution < 1.29 is 13.9 Å². The lowest BCUT2D eigenvalue weighted by Crippen LogP contribution is -2.24. The van der Waals surface area contributed by atoms with Crippen LogP contribution in [0.1, 0.15) is 41.1 Å². The van der Waals surface area contributed by atoms with E-state index < -0.39 is 0 Å². The van der Waals surface area contributed by atoms with Gasteiger partial charge in [0.15, 0.2) is 0 Å². The fraction of sp³-hybridized carbons (Fsp3) is 0.500. The minimum Gasteiger partial charge on any atom is -0.466 e. The number of nitrogens with zero attached hydrogens (tertiary/aromatic N) is 2. The molecule has 1 aliphatic heterocycles. The highest BCUT2D eigenvalue weighted by molar-refractivity contribution is 6.04. The number of nitrogens with one attached hydrogen (secondary N) is 1. The Morgan fingerprint density at radius 1 is 1.45 bits per heavy atom. The van der Waals surface area contributed by atoms with Gasteiger partial charge in [-0.1, -0.05) is 0 Å². The van der Waals surface area contributed by atoms with E-state index in [2.05, 4.69) is 10.4 Å². The van der Waals surface area contributed by atoms with Gasteiger partial charge in [-0.05, 0) is 39.2 Å². The highest BCUT2D eigenvalue weighted by atomic mass is 16.5. The molecule has 1 atom stereocenters. The molecule has 3 heterocycles. The zero-order chi connectivity index (χ0) is 15.5. The first-order valence-corrected chi connectivity index (χ1v) is 7.64. The lowest BCUT2D eigenvalue weighted by molar-refractivity contribution is 0.00401. The predicted molar refractivity (Wildman–Crippen MR) is 82.0 cm³/mol. The van der Waals surface area contributed by atoms with Crippen molar-refractivity contribution in [1.29, 1.82) is 0 Å². The van der Waals surface area contributed by atoms with E-state index in [4.69, 9.17) is 9.15 Å². The maximum Gasteiger partial charge on any atom is 0.259 e. The first-order valence-electron chi connectivity index (χ1n) is 7.64. The number of rotatable bonds is 4. The third-order valence-corrected chi connectivity index (χ3v) is 3.84. The SMILES string of the molecule is Cc1cc(C(=O)Nc2cnn(CC3CCCCO3)c2)c(C)o1. The molecule has 0 spiro atoms. The molecule has 2 aromatic rings. The molecule has 0 aromatic carbocycles. The second-order valence-electron chi connectivity index (χ2n) is 5.72. The number of amides is 1. The highest BCUT2D eigenvalue weighted by Gasteiger charge is 2.16. The van der Waals surface area contributed by atoms with E-state index in [1.807, 2.05) is 17.8 Å². The Labute approximate surface area is 129 Å². The predicted octanol–water partition coefficient (Wildman–Crippen LogP) is 2.91. The average Bonchev–Trinajstić information content (AvgIpc) is 3.06. The maximum absolute atomic E-state index is 12.2.